The molecule has 0 unspecified atom stereocenters. The van der Waals surface area contributed by atoms with Gasteiger partial charge in [0.1, 0.15) is 5.82 Å². The third kappa shape index (κ3) is 4.20. The number of hydrogen-bond donors (Lipinski definition) is 1. The fraction of sp³-hybridized carbons (Fsp3) is 0.125. The van der Waals surface area contributed by atoms with Gasteiger partial charge in [-0.05, 0) is 55.8 Å². The molecule has 1 amide bonds. The van der Waals surface area contributed by atoms with E-state index in [0.29, 0.717) is 27.3 Å². The molecule has 0 spiro atoms. The molecule has 0 radical (unpaired) electrons. The quantitative estimate of drug-likeness (QED) is 0.461. The predicted octanol–water partition coefficient (Wildman–Crippen LogP) is 5.24. The zero-order valence-corrected chi connectivity index (χ0v) is 18.5. The van der Waals surface area contributed by atoms with Gasteiger partial charge in [0.2, 0.25) is 0 Å². The number of nitrogens with one attached hydrogen (secondary N) is 1. The number of amides is 1. The lowest BCUT2D eigenvalue weighted by atomic mass is 10.1. The molecule has 0 aliphatic heterocycles. The Morgan fingerprint density at radius 2 is 1.81 bits per heavy atom. The molecule has 3 aromatic carbocycles. The Morgan fingerprint density at radius 3 is 2.55 bits per heavy atom. The summed E-state index contributed by atoms with van der Waals surface area (Å²) in [5.74, 6) is 0.0466. The Kier molecular flexibility index (Phi) is 5.81. The van der Waals surface area contributed by atoms with Crippen LogP contribution in [0.4, 0.5) is 0 Å². The second-order valence-electron chi connectivity index (χ2n) is 7.28. The third-order valence-electron chi connectivity index (χ3n) is 5.02. The molecule has 1 aromatic heterocycles. The van der Waals surface area contributed by atoms with Gasteiger partial charge >= 0.3 is 0 Å². The predicted molar refractivity (Wildman–Crippen MR) is 124 cm³/mol. The van der Waals surface area contributed by atoms with Gasteiger partial charge in [0, 0.05) is 5.02 Å². The lowest BCUT2D eigenvalue weighted by molar-refractivity contribution is 0.0949. The number of aryl methyl sites for hydroxylation is 2. The van der Waals surface area contributed by atoms with E-state index in [1.54, 1.807) is 28.8 Å². The first-order valence-electron chi connectivity index (χ1n) is 9.66. The number of fused-ring (bicyclic) bond motifs is 1. The van der Waals surface area contributed by atoms with Crippen LogP contribution in [0, 0.1) is 13.8 Å². The van der Waals surface area contributed by atoms with Gasteiger partial charge in [-0.2, -0.15) is 0 Å². The van der Waals surface area contributed by atoms with Crippen molar-refractivity contribution in [1.29, 1.82) is 0 Å². The van der Waals surface area contributed by atoms with Crippen LogP contribution in [-0.4, -0.2) is 15.5 Å². The molecule has 0 fully saturated rings. The van der Waals surface area contributed by atoms with Crippen molar-refractivity contribution in [3.8, 4) is 5.69 Å². The fourth-order valence-electron chi connectivity index (χ4n) is 3.53. The first-order valence-corrected chi connectivity index (χ1v) is 10.4. The molecule has 0 bridgehead atoms. The average Bonchev–Trinajstić information content (AvgIpc) is 2.73. The summed E-state index contributed by atoms with van der Waals surface area (Å²) in [7, 11) is 0. The van der Waals surface area contributed by atoms with Crippen LogP contribution in [0.3, 0.4) is 0 Å². The second-order valence-corrected chi connectivity index (χ2v) is 8.13. The van der Waals surface area contributed by atoms with Crippen molar-refractivity contribution in [3.63, 3.8) is 0 Å². The van der Waals surface area contributed by atoms with Crippen molar-refractivity contribution >= 4 is 40.0 Å². The van der Waals surface area contributed by atoms with E-state index in [2.05, 4.69) is 10.3 Å². The molecule has 156 valence electrons. The number of carbonyl (C=O) groups is 1. The van der Waals surface area contributed by atoms with E-state index in [-0.39, 0.29) is 23.0 Å². The summed E-state index contributed by atoms with van der Waals surface area (Å²) in [4.78, 5) is 30.7. The topological polar surface area (TPSA) is 64.0 Å². The molecule has 1 heterocycles. The fourth-order valence-corrected chi connectivity index (χ4v) is 4.02. The standard InChI is InChI=1S/C24H19Cl2N3O2/c1-14-7-10-21(15(2)11-14)29-22(28-20-6-4-3-5-18(20)24(29)31)13-27-23(30)17-9-8-16(25)12-19(17)26/h3-12H,13H2,1-2H3,(H,27,30). The van der Waals surface area contributed by atoms with Crippen LogP contribution >= 0.6 is 23.2 Å². The zero-order valence-electron chi connectivity index (χ0n) is 16.9. The highest BCUT2D eigenvalue weighted by Crippen LogP contribution is 2.21. The lowest BCUT2D eigenvalue weighted by Gasteiger charge is -2.16. The minimum absolute atomic E-state index is 0.0468. The van der Waals surface area contributed by atoms with Crippen molar-refractivity contribution in [3.05, 3.63) is 104 Å². The number of carbonyl (C=O) groups excluding carboxylic acids is 1. The maximum atomic E-state index is 13.4. The van der Waals surface area contributed by atoms with E-state index in [1.807, 2.05) is 44.2 Å². The van der Waals surface area contributed by atoms with E-state index in [9.17, 15) is 9.59 Å². The van der Waals surface area contributed by atoms with E-state index < -0.39 is 0 Å². The smallest absolute Gasteiger partial charge is 0.266 e. The molecule has 0 aliphatic carbocycles. The highest BCUT2D eigenvalue weighted by Gasteiger charge is 2.16. The first kappa shape index (κ1) is 21.1. The molecule has 31 heavy (non-hydrogen) atoms. The van der Waals surface area contributed by atoms with Gasteiger partial charge in [-0.15, -0.1) is 0 Å². The molecule has 0 saturated carbocycles. The molecule has 4 aromatic rings. The van der Waals surface area contributed by atoms with Crippen molar-refractivity contribution in [2.75, 3.05) is 0 Å². The van der Waals surface area contributed by atoms with Crippen LogP contribution < -0.4 is 10.9 Å². The maximum Gasteiger partial charge on any atom is 0.266 e. The Balaban J connectivity index is 1.79. The van der Waals surface area contributed by atoms with Gasteiger partial charge in [-0.1, -0.05) is 53.0 Å². The van der Waals surface area contributed by atoms with Gasteiger partial charge in [-0.25, -0.2) is 4.98 Å². The Bertz CT molecular complexity index is 1380. The highest BCUT2D eigenvalue weighted by molar-refractivity contribution is 6.36. The molecule has 0 aliphatic rings. The van der Waals surface area contributed by atoms with E-state index in [4.69, 9.17) is 23.2 Å². The molecule has 7 heteroatoms. The van der Waals surface area contributed by atoms with E-state index in [1.165, 1.54) is 6.07 Å². The monoisotopic (exact) mass is 451 g/mol. The molecule has 0 atom stereocenters. The third-order valence-corrected chi connectivity index (χ3v) is 5.57. The number of aromatic nitrogens is 2. The summed E-state index contributed by atoms with van der Waals surface area (Å²) in [6.45, 7) is 3.99. The average molecular weight is 452 g/mol. The number of hydrogen-bond acceptors (Lipinski definition) is 3. The SMILES string of the molecule is Cc1ccc(-n2c(CNC(=O)c3ccc(Cl)cc3Cl)nc3ccccc3c2=O)c(C)c1. The Labute approximate surface area is 189 Å². The van der Waals surface area contributed by atoms with Crippen LogP contribution in [0.5, 0.6) is 0 Å². The second kappa shape index (κ2) is 8.53. The molecule has 1 N–H and O–H groups in total. The molecular weight excluding hydrogens is 433 g/mol. The zero-order chi connectivity index (χ0) is 22.1. The summed E-state index contributed by atoms with van der Waals surface area (Å²) in [6, 6.07) is 17.7. The molecule has 4 rings (SSSR count). The number of nitrogens with zero attached hydrogens (tertiary/aromatic N) is 2. The van der Waals surface area contributed by atoms with Gasteiger partial charge in [0.15, 0.2) is 0 Å². The summed E-state index contributed by atoms with van der Waals surface area (Å²) in [6.07, 6.45) is 0. The van der Waals surface area contributed by atoms with Crippen LogP contribution in [0.2, 0.25) is 10.0 Å². The number of benzene rings is 3. The van der Waals surface area contributed by atoms with Crippen LogP contribution in [-0.2, 0) is 6.54 Å². The minimum atomic E-state index is -0.378. The van der Waals surface area contributed by atoms with Crippen LogP contribution in [0.1, 0.15) is 27.3 Å². The normalized spacial score (nSPS) is 11.0. The Morgan fingerprint density at radius 1 is 1.03 bits per heavy atom. The van der Waals surface area contributed by atoms with Gasteiger partial charge in [0.25, 0.3) is 11.5 Å². The van der Waals surface area contributed by atoms with Crippen molar-refractivity contribution in [2.45, 2.75) is 20.4 Å². The highest BCUT2D eigenvalue weighted by atomic mass is 35.5. The van der Waals surface area contributed by atoms with Crippen LogP contribution in [0.15, 0.2) is 65.5 Å². The minimum Gasteiger partial charge on any atom is -0.345 e. The van der Waals surface area contributed by atoms with Gasteiger partial charge in [0.05, 0.1) is 33.7 Å². The number of halogens is 2. The number of para-hydroxylation sites is 1. The lowest BCUT2D eigenvalue weighted by Crippen LogP contribution is -2.30. The van der Waals surface area contributed by atoms with Crippen molar-refractivity contribution in [2.24, 2.45) is 0 Å². The largest absolute Gasteiger partial charge is 0.345 e. The van der Waals surface area contributed by atoms with E-state index in [0.717, 1.165) is 16.8 Å². The summed E-state index contributed by atoms with van der Waals surface area (Å²) < 4.78 is 1.56. The van der Waals surface area contributed by atoms with Crippen molar-refractivity contribution in [1.82, 2.24) is 14.9 Å². The van der Waals surface area contributed by atoms with Gasteiger partial charge in [-0.3, -0.25) is 14.2 Å². The van der Waals surface area contributed by atoms with Crippen LogP contribution in [0.25, 0.3) is 16.6 Å². The molecule has 0 saturated heterocycles. The first-order chi connectivity index (χ1) is 14.8. The summed E-state index contributed by atoms with van der Waals surface area (Å²) >= 11 is 12.1. The Hall–Kier alpha value is -3.15. The maximum absolute atomic E-state index is 13.4. The van der Waals surface area contributed by atoms with E-state index >= 15 is 0 Å². The number of rotatable bonds is 4. The summed E-state index contributed by atoms with van der Waals surface area (Å²) in [5, 5.41) is 4.03. The molecular formula is C24H19Cl2N3O2. The summed E-state index contributed by atoms with van der Waals surface area (Å²) in [5.41, 5.74) is 3.44. The van der Waals surface area contributed by atoms with Crippen molar-refractivity contribution < 1.29 is 4.79 Å². The molecule has 5 nitrogen and oxygen atoms in total. The van der Waals surface area contributed by atoms with Gasteiger partial charge < -0.3 is 5.32 Å².